The molecule has 3 heteroatoms. The molecule has 2 nitrogen and oxygen atoms in total. The zero-order valence-electron chi connectivity index (χ0n) is 9.94. The van der Waals surface area contributed by atoms with Gasteiger partial charge in [0.25, 0.3) is 0 Å². The van der Waals surface area contributed by atoms with Gasteiger partial charge in [-0.15, -0.1) is 0 Å². The number of nitrogen functional groups attached to an aromatic ring is 1. The van der Waals surface area contributed by atoms with Crippen LogP contribution in [0.15, 0.2) is 46.9 Å². The summed E-state index contributed by atoms with van der Waals surface area (Å²) in [5.74, 6) is 0. The molecular formula is C14H15BrN2. The van der Waals surface area contributed by atoms with E-state index in [1.165, 1.54) is 0 Å². The van der Waals surface area contributed by atoms with Crippen LogP contribution in [0.3, 0.4) is 0 Å². The molecule has 0 bridgehead atoms. The first-order valence-electron chi connectivity index (χ1n) is 5.44. The van der Waals surface area contributed by atoms with Gasteiger partial charge in [0, 0.05) is 22.9 Å². The van der Waals surface area contributed by atoms with Crippen molar-refractivity contribution >= 4 is 33.0 Å². The van der Waals surface area contributed by atoms with E-state index in [9.17, 15) is 0 Å². The van der Waals surface area contributed by atoms with E-state index in [0.717, 1.165) is 27.1 Å². The number of nitrogens with zero attached hydrogens (tertiary/aromatic N) is 1. The first-order valence-corrected chi connectivity index (χ1v) is 6.23. The molecule has 88 valence electrons. The predicted molar refractivity (Wildman–Crippen MR) is 77.8 cm³/mol. The third-order valence-electron chi connectivity index (χ3n) is 2.84. The van der Waals surface area contributed by atoms with Gasteiger partial charge in [-0.2, -0.15) is 0 Å². The number of hydrogen-bond donors (Lipinski definition) is 1. The van der Waals surface area contributed by atoms with E-state index in [-0.39, 0.29) is 0 Å². The Morgan fingerprint density at radius 3 is 2.41 bits per heavy atom. The van der Waals surface area contributed by atoms with Crippen molar-refractivity contribution < 1.29 is 0 Å². The number of anilines is 3. The van der Waals surface area contributed by atoms with Crippen molar-refractivity contribution in [2.75, 3.05) is 17.7 Å². The van der Waals surface area contributed by atoms with Crippen molar-refractivity contribution in [2.45, 2.75) is 6.92 Å². The summed E-state index contributed by atoms with van der Waals surface area (Å²) in [6, 6.07) is 14.3. The Balaban J connectivity index is 2.44. The highest BCUT2D eigenvalue weighted by Gasteiger charge is 2.09. The topological polar surface area (TPSA) is 29.3 Å². The van der Waals surface area contributed by atoms with Crippen LogP contribution >= 0.6 is 15.9 Å². The Morgan fingerprint density at radius 1 is 1.12 bits per heavy atom. The number of aryl methyl sites for hydroxylation is 1. The van der Waals surface area contributed by atoms with Crippen LogP contribution in [0.2, 0.25) is 0 Å². The van der Waals surface area contributed by atoms with Gasteiger partial charge >= 0.3 is 0 Å². The SMILES string of the molecule is Cc1cc(N(C)c2ccccc2)c(Br)cc1N. The molecule has 17 heavy (non-hydrogen) atoms. The molecule has 0 saturated heterocycles. The lowest BCUT2D eigenvalue weighted by Crippen LogP contribution is -2.10. The van der Waals surface area contributed by atoms with Crippen LogP contribution in [0.4, 0.5) is 17.1 Å². The molecule has 0 atom stereocenters. The van der Waals surface area contributed by atoms with Crippen LogP contribution in [-0.4, -0.2) is 7.05 Å². The molecular weight excluding hydrogens is 276 g/mol. The number of rotatable bonds is 2. The second-order valence-electron chi connectivity index (χ2n) is 4.05. The fourth-order valence-electron chi connectivity index (χ4n) is 1.73. The minimum Gasteiger partial charge on any atom is -0.398 e. The maximum absolute atomic E-state index is 5.88. The first-order chi connectivity index (χ1) is 8.09. The fourth-order valence-corrected chi connectivity index (χ4v) is 2.36. The first kappa shape index (κ1) is 12.0. The second kappa shape index (κ2) is 4.80. The van der Waals surface area contributed by atoms with Crippen molar-refractivity contribution in [2.24, 2.45) is 0 Å². The van der Waals surface area contributed by atoms with Gasteiger partial charge in [-0.3, -0.25) is 0 Å². The molecule has 0 fully saturated rings. The average molecular weight is 291 g/mol. The molecule has 0 amide bonds. The third-order valence-corrected chi connectivity index (χ3v) is 3.48. The summed E-state index contributed by atoms with van der Waals surface area (Å²) in [7, 11) is 2.05. The Bertz CT molecular complexity index is 523. The average Bonchev–Trinajstić information content (AvgIpc) is 2.34. The summed E-state index contributed by atoms with van der Waals surface area (Å²) in [6.45, 7) is 2.02. The van der Waals surface area contributed by atoms with Crippen LogP contribution in [0, 0.1) is 6.92 Å². The lowest BCUT2D eigenvalue weighted by Gasteiger charge is -2.22. The number of halogens is 1. The van der Waals surface area contributed by atoms with Crippen molar-refractivity contribution in [3.05, 3.63) is 52.5 Å². The van der Waals surface area contributed by atoms with Crippen molar-refractivity contribution in [3.63, 3.8) is 0 Å². The molecule has 0 aliphatic carbocycles. The van der Waals surface area contributed by atoms with E-state index in [1.807, 2.05) is 38.2 Å². The summed E-state index contributed by atoms with van der Waals surface area (Å²) in [6.07, 6.45) is 0. The van der Waals surface area contributed by atoms with Crippen molar-refractivity contribution in [1.82, 2.24) is 0 Å². The van der Waals surface area contributed by atoms with Gasteiger partial charge in [0.15, 0.2) is 0 Å². The van der Waals surface area contributed by atoms with Gasteiger partial charge in [0.1, 0.15) is 0 Å². The maximum Gasteiger partial charge on any atom is 0.0556 e. The maximum atomic E-state index is 5.88. The quantitative estimate of drug-likeness (QED) is 0.844. The normalized spacial score (nSPS) is 10.3. The Kier molecular flexibility index (Phi) is 3.38. The van der Waals surface area contributed by atoms with Gasteiger partial charge in [-0.05, 0) is 52.7 Å². The molecule has 0 unspecified atom stereocenters. The van der Waals surface area contributed by atoms with E-state index in [1.54, 1.807) is 0 Å². The number of nitrogens with two attached hydrogens (primary N) is 1. The molecule has 0 spiro atoms. The van der Waals surface area contributed by atoms with Crippen LogP contribution in [0.5, 0.6) is 0 Å². The van der Waals surface area contributed by atoms with E-state index in [2.05, 4.69) is 39.0 Å². The molecule has 0 aromatic heterocycles. The smallest absolute Gasteiger partial charge is 0.0556 e. The fraction of sp³-hybridized carbons (Fsp3) is 0.143. The molecule has 2 aromatic rings. The summed E-state index contributed by atoms with van der Waals surface area (Å²) in [5.41, 5.74) is 10.0. The van der Waals surface area contributed by atoms with E-state index in [4.69, 9.17) is 5.73 Å². The number of hydrogen-bond acceptors (Lipinski definition) is 2. The minimum absolute atomic E-state index is 0.807. The Labute approximate surface area is 110 Å². The van der Waals surface area contributed by atoms with E-state index < -0.39 is 0 Å². The summed E-state index contributed by atoms with van der Waals surface area (Å²) in [4.78, 5) is 2.14. The highest BCUT2D eigenvalue weighted by Crippen LogP contribution is 2.33. The van der Waals surface area contributed by atoms with E-state index >= 15 is 0 Å². The molecule has 0 aliphatic rings. The summed E-state index contributed by atoms with van der Waals surface area (Å²) < 4.78 is 1.01. The Morgan fingerprint density at radius 2 is 1.76 bits per heavy atom. The molecule has 2 aromatic carbocycles. The van der Waals surface area contributed by atoms with Crippen LogP contribution in [-0.2, 0) is 0 Å². The molecule has 0 aliphatic heterocycles. The monoisotopic (exact) mass is 290 g/mol. The van der Waals surface area contributed by atoms with Crippen molar-refractivity contribution in [3.8, 4) is 0 Å². The van der Waals surface area contributed by atoms with E-state index in [0.29, 0.717) is 0 Å². The Hall–Kier alpha value is -1.48. The molecule has 0 saturated carbocycles. The van der Waals surface area contributed by atoms with Gasteiger partial charge in [-0.1, -0.05) is 18.2 Å². The predicted octanol–water partition coefficient (Wildman–Crippen LogP) is 4.11. The largest absolute Gasteiger partial charge is 0.398 e. The summed E-state index contributed by atoms with van der Waals surface area (Å²) >= 11 is 3.56. The summed E-state index contributed by atoms with van der Waals surface area (Å²) in [5, 5.41) is 0. The zero-order valence-corrected chi connectivity index (χ0v) is 11.5. The molecule has 0 radical (unpaired) electrons. The third kappa shape index (κ3) is 2.44. The zero-order chi connectivity index (χ0) is 12.4. The molecule has 0 heterocycles. The van der Waals surface area contributed by atoms with Gasteiger partial charge < -0.3 is 10.6 Å². The van der Waals surface area contributed by atoms with Gasteiger partial charge in [0.05, 0.1) is 5.69 Å². The molecule has 2 rings (SSSR count). The second-order valence-corrected chi connectivity index (χ2v) is 4.91. The van der Waals surface area contributed by atoms with Crippen LogP contribution < -0.4 is 10.6 Å². The minimum atomic E-state index is 0.807. The highest BCUT2D eigenvalue weighted by atomic mass is 79.9. The highest BCUT2D eigenvalue weighted by molar-refractivity contribution is 9.10. The van der Waals surface area contributed by atoms with Gasteiger partial charge in [-0.25, -0.2) is 0 Å². The lowest BCUT2D eigenvalue weighted by molar-refractivity contribution is 1.19. The van der Waals surface area contributed by atoms with Crippen molar-refractivity contribution in [1.29, 1.82) is 0 Å². The van der Waals surface area contributed by atoms with Gasteiger partial charge in [0.2, 0.25) is 0 Å². The number of benzene rings is 2. The molecule has 2 N–H and O–H groups in total. The van der Waals surface area contributed by atoms with Crippen LogP contribution in [0.1, 0.15) is 5.56 Å². The standard InChI is InChI=1S/C14H15BrN2/c1-10-8-14(12(15)9-13(10)16)17(2)11-6-4-3-5-7-11/h3-9H,16H2,1-2H3. The van der Waals surface area contributed by atoms with Crippen LogP contribution in [0.25, 0.3) is 0 Å². The lowest BCUT2D eigenvalue weighted by atomic mass is 10.1. The number of para-hydroxylation sites is 1.